The van der Waals surface area contributed by atoms with Gasteiger partial charge in [0.1, 0.15) is 0 Å². The molecule has 0 amide bonds. The predicted octanol–water partition coefficient (Wildman–Crippen LogP) is 1.81. The van der Waals surface area contributed by atoms with Crippen LogP contribution in [0, 0.1) is 17.8 Å². The summed E-state index contributed by atoms with van der Waals surface area (Å²) in [4.78, 5) is 2.97. The minimum Gasteiger partial charge on any atom is -0.205 e. The molecule has 0 N–H and O–H groups in total. The molecule has 1 aromatic heterocycles. The van der Waals surface area contributed by atoms with Crippen LogP contribution in [0.2, 0.25) is 5.15 Å². The van der Waals surface area contributed by atoms with Gasteiger partial charge in [0, 0.05) is 12.1 Å². The molecule has 47 valence electrons. The van der Waals surface area contributed by atoms with Crippen LogP contribution in [0.25, 0.3) is 0 Å². The van der Waals surface area contributed by atoms with Crippen molar-refractivity contribution in [3.63, 3.8) is 0 Å². The van der Waals surface area contributed by atoms with Gasteiger partial charge in [-0.1, -0.05) is 11.6 Å². The molecule has 0 bridgehead atoms. The first kappa shape index (κ1) is 6.42. The van der Waals surface area contributed by atoms with Crippen molar-refractivity contribution in [2.24, 2.45) is 0 Å². The zero-order valence-electron chi connectivity index (χ0n) is 4.16. The smallest absolute Gasteiger partial charge is 0.205 e. The SMILES string of the molecule is Fc1c[c]c(F)c(Cl)n1. The Kier molecular flexibility index (Phi) is 1.62. The summed E-state index contributed by atoms with van der Waals surface area (Å²) in [5, 5.41) is -0.491. The Morgan fingerprint density at radius 2 is 2.22 bits per heavy atom. The fourth-order valence-electron chi connectivity index (χ4n) is 0.358. The Labute approximate surface area is 55.3 Å². The van der Waals surface area contributed by atoms with E-state index >= 15 is 0 Å². The Morgan fingerprint density at radius 3 is 2.67 bits per heavy atom. The van der Waals surface area contributed by atoms with E-state index in [0.717, 1.165) is 6.07 Å². The summed E-state index contributed by atoms with van der Waals surface area (Å²) in [6.45, 7) is 0. The lowest BCUT2D eigenvalue weighted by molar-refractivity contribution is 0.559. The van der Waals surface area contributed by atoms with E-state index in [4.69, 9.17) is 11.6 Å². The molecular formula is C5HClF2N. The van der Waals surface area contributed by atoms with Gasteiger partial charge in [0.05, 0.1) is 0 Å². The van der Waals surface area contributed by atoms with Crippen molar-refractivity contribution in [2.75, 3.05) is 0 Å². The molecule has 0 atom stereocenters. The quantitative estimate of drug-likeness (QED) is 0.512. The Morgan fingerprint density at radius 1 is 1.56 bits per heavy atom. The maximum atomic E-state index is 12.1. The van der Waals surface area contributed by atoms with Gasteiger partial charge < -0.3 is 0 Å². The maximum absolute atomic E-state index is 12.1. The van der Waals surface area contributed by atoms with Crippen LogP contribution in [-0.2, 0) is 0 Å². The van der Waals surface area contributed by atoms with Crippen molar-refractivity contribution in [1.82, 2.24) is 4.98 Å². The molecule has 9 heavy (non-hydrogen) atoms. The van der Waals surface area contributed by atoms with E-state index in [0.29, 0.717) is 0 Å². The van der Waals surface area contributed by atoms with Crippen molar-refractivity contribution in [1.29, 1.82) is 0 Å². The lowest BCUT2D eigenvalue weighted by atomic mass is 10.5. The number of nitrogens with zero attached hydrogens (tertiary/aromatic N) is 1. The summed E-state index contributed by atoms with van der Waals surface area (Å²) >= 11 is 5.06. The van der Waals surface area contributed by atoms with Crippen LogP contribution >= 0.6 is 11.6 Å². The lowest BCUT2D eigenvalue weighted by Crippen LogP contribution is -1.85. The van der Waals surface area contributed by atoms with Gasteiger partial charge in [-0.2, -0.15) is 4.39 Å². The molecule has 0 saturated heterocycles. The van der Waals surface area contributed by atoms with E-state index < -0.39 is 16.9 Å². The van der Waals surface area contributed by atoms with E-state index in [1.807, 2.05) is 6.07 Å². The van der Waals surface area contributed by atoms with Gasteiger partial charge in [0.2, 0.25) is 5.95 Å². The molecule has 0 aliphatic rings. The summed E-state index contributed by atoms with van der Waals surface area (Å²) in [5.41, 5.74) is 0. The first-order valence-corrected chi connectivity index (χ1v) is 2.47. The standard InChI is InChI=1S/C5HClF2N/c6-5-3(7)1-2-4(8)9-5/h2H. The van der Waals surface area contributed by atoms with Gasteiger partial charge in [-0.05, 0) is 0 Å². The molecule has 1 aromatic rings. The molecule has 1 heterocycles. The molecule has 1 rings (SSSR count). The molecule has 0 aliphatic heterocycles. The number of aromatic nitrogens is 1. The first-order chi connectivity index (χ1) is 4.20. The highest BCUT2D eigenvalue weighted by Gasteiger charge is 2.00. The van der Waals surface area contributed by atoms with Crippen molar-refractivity contribution in [2.45, 2.75) is 0 Å². The van der Waals surface area contributed by atoms with E-state index in [-0.39, 0.29) is 0 Å². The average Bonchev–Trinajstić information content (AvgIpc) is 1.80. The lowest BCUT2D eigenvalue weighted by Gasteiger charge is -1.88. The van der Waals surface area contributed by atoms with Gasteiger partial charge in [0.25, 0.3) is 0 Å². The molecule has 0 aliphatic carbocycles. The van der Waals surface area contributed by atoms with E-state index in [2.05, 4.69) is 4.98 Å². The van der Waals surface area contributed by atoms with Gasteiger partial charge in [0.15, 0.2) is 11.0 Å². The number of hydrogen-bond acceptors (Lipinski definition) is 1. The van der Waals surface area contributed by atoms with Crippen LogP contribution in [-0.4, -0.2) is 4.98 Å². The normalized spacial score (nSPS) is 9.67. The van der Waals surface area contributed by atoms with Crippen LogP contribution in [0.3, 0.4) is 0 Å². The molecule has 0 fully saturated rings. The van der Waals surface area contributed by atoms with Crippen molar-refractivity contribution < 1.29 is 8.78 Å². The Hall–Kier alpha value is -0.700. The zero-order valence-corrected chi connectivity index (χ0v) is 4.91. The average molecular weight is 149 g/mol. The van der Waals surface area contributed by atoms with Crippen molar-refractivity contribution in [3.8, 4) is 0 Å². The van der Waals surface area contributed by atoms with Crippen LogP contribution < -0.4 is 0 Å². The third-order valence-corrected chi connectivity index (χ3v) is 0.955. The van der Waals surface area contributed by atoms with Gasteiger partial charge in [-0.15, -0.1) is 0 Å². The monoisotopic (exact) mass is 148 g/mol. The van der Waals surface area contributed by atoms with E-state index in [1.165, 1.54) is 0 Å². The first-order valence-electron chi connectivity index (χ1n) is 2.09. The van der Waals surface area contributed by atoms with Crippen LogP contribution in [0.4, 0.5) is 8.78 Å². The molecular weight excluding hydrogens is 148 g/mol. The molecule has 0 aromatic carbocycles. The third kappa shape index (κ3) is 1.36. The van der Waals surface area contributed by atoms with Crippen molar-refractivity contribution >= 4 is 11.6 Å². The van der Waals surface area contributed by atoms with Gasteiger partial charge in [-0.25, -0.2) is 9.37 Å². The summed E-state index contributed by atoms with van der Waals surface area (Å²) in [5.74, 6) is -1.67. The van der Waals surface area contributed by atoms with Gasteiger partial charge >= 0.3 is 0 Å². The van der Waals surface area contributed by atoms with Gasteiger partial charge in [-0.3, -0.25) is 0 Å². The fourth-order valence-corrected chi connectivity index (χ4v) is 0.493. The minimum absolute atomic E-state index is 0.491. The summed E-state index contributed by atoms with van der Waals surface area (Å²) in [6, 6.07) is 2.71. The molecule has 1 radical (unpaired) electrons. The molecule has 1 nitrogen and oxygen atoms in total. The third-order valence-electron chi connectivity index (χ3n) is 0.704. The number of pyridine rings is 1. The number of halogens is 3. The second-order valence-electron chi connectivity index (χ2n) is 1.33. The second-order valence-corrected chi connectivity index (χ2v) is 1.69. The molecule has 0 unspecified atom stereocenters. The fraction of sp³-hybridized carbons (Fsp3) is 0. The van der Waals surface area contributed by atoms with Crippen molar-refractivity contribution in [3.05, 3.63) is 29.1 Å². The zero-order chi connectivity index (χ0) is 6.85. The largest absolute Gasteiger partial charge is 0.215 e. The molecule has 4 heteroatoms. The minimum atomic E-state index is -0.835. The van der Waals surface area contributed by atoms with Crippen LogP contribution in [0.15, 0.2) is 6.07 Å². The highest BCUT2D eigenvalue weighted by molar-refractivity contribution is 6.29. The van der Waals surface area contributed by atoms with Crippen LogP contribution in [0.5, 0.6) is 0 Å². The molecule has 0 spiro atoms. The van der Waals surface area contributed by atoms with E-state index in [9.17, 15) is 8.78 Å². The predicted molar refractivity (Wildman–Crippen MR) is 28.0 cm³/mol. The summed E-state index contributed by atoms with van der Waals surface area (Å²) in [6.07, 6.45) is 0. The highest BCUT2D eigenvalue weighted by Crippen LogP contribution is 2.09. The Balaban J connectivity index is 3.17. The molecule has 0 saturated carbocycles. The summed E-state index contributed by atoms with van der Waals surface area (Å²) < 4.78 is 24.0. The topological polar surface area (TPSA) is 12.9 Å². The number of hydrogen-bond donors (Lipinski definition) is 0. The Bertz CT molecular complexity index is 226. The maximum Gasteiger partial charge on any atom is 0.215 e. The second kappa shape index (κ2) is 2.27. The van der Waals surface area contributed by atoms with Crippen LogP contribution in [0.1, 0.15) is 0 Å². The van der Waals surface area contributed by atoms with E-state index in [1.54, 1.807) is 0 Å². The summed E-state index contributed by atoms with van der Waals surface area (Å²) in [7, 11) is 0. The highest BCUT2D eigenvalue weighted by atomic mass is 35.5. The number of rotatable bonds is 0.